The molecule has 0 atom stereocenters. The molecule has 0 aromatic carbocycles. The van der Waals surface area contributed by atoms with Crippen LogP contribution in [0.5, 0.6) is 0 Å². The van der Waals surface area contributed by atoms with Crippen LogP contribution in [0.2, 0.25) is 10.2 Å². The van der Waals surface area contributed by atoms with Crippen molar-refractivity contribution in [1.82, 2.24) is 4.98 Å². The summed E-state index contributed by atoms with van der Waals surface area (Å²) in [5, 5.41) is 0.411. The van der Waals surface area contributed by atoms with Crippen LogP contribution in [0, 0.1) is 0 Å². The summed E-state index contributed by atoms with van der Waals surface area (Å²) in [7, 11) is 1.37. The number of aromatic nitrogens is 1. The highest BCUT2D eigenvalue weighted by Gasteiger charge is 2.12. The maximum atomic E-state index is 10.7. The van der Waals surface area contributed by atoms with E-state index >= 15 is 0 Å². The van der Waals surface area contributed by atoms with Crippen molar-refractivity contribution in [2.24, 2.45) is 0 Å². The fourth-order valence-electron chi connectivity index (χ4n) is 0.722. The highest BCUT2D eigenvalue weighted by Crippen LogP contribution is 2.19. The van der Waals surface area contributed by atoms with Crippen LogP contribution < -0.4 is 0 Å². The third kappa shape index (κ3) is 3.68. The van der Waals surface area contributed by atoms with E-state index in [9.17, 15) is 8.42 Å². The van der Waals surface area contributed by atoms with Crippen LogP contribution in [0.15, 0.2) is 12.1 Å². The summed E-state index contributed by atoms with van der Waals surface area (Å²) in [6.07, 6.45) is 0. The third-order valence-electron chi connectivity index (χ3n) is 1.19. The SMILES string of the molecule is O=S(=O)(Cl)Cc1nc(Cl)ccc1Cl. The summed E-state index contributed by atoms with van der Waals surface area (Å²) in [6, 6.07) is 2.93. The predicted molar refractivity (Wildman–Crippen MR) is 52.7 cm³/mol. The molecule has 0 saturated carbocycles. The monoisotopic (exact) mass is 259 g/mol. The van der Waals surface area contributed by atoms with Crippen molar-refractivity contribution in [2.45, 2.75) is 5.75 Å². The fraction of sp³-hybridized carbons (Fsp3) is 0.167. The van der Waals surface area contributed by atoms with Crippen molar-refractivity contribution in [3.8, 4) is 0 Å². The molecule has 1 aromatic rings. The molecule has 3 nitrogen and oxygen atoms in total. The number of halogens is 3. The molecule has 1 aromatic heterocycles. The molecule has 0 aliphatic heterocycles. The largest absolute Gasteiger partial charge is 0.238 e. The molecule has 1 heterocycles. The second-order valence-corrected chi connectivity index (χ2v) is 5.82. The van der Waals surface area contributed by atoms with Gasteiger partial charge in [-0.2, -0.15) is 0 Å². The Morgan fingerprint density at radius 1 is 1.31 bits per heavy atom. The van der Waals surface area contributed by atoms with Crippen molar-refractivity contribution in [3.63, 3.8) is 0 Å². The van der Waals surface area contributed by atoms with Gasteiger partial charge in [0.1, 0.15) is 10.9 Å². The molecule has 0 bridgehead atoms. The molecule has 72 valence electrons. The molecule has 1 rings (SSSR count). The van der Waals surface area contributed by atoms with Gasteiger partial charge >= 0.3 is 0 Å². The highest BCUT2D eigenvalue weighted by atomic mass is 35.7. The van der Waals surface area contributed by atoms with E-state index < -0.39 is 14.8 Å². The number of pyridine rings is 1. The Kier molecular flexibility index (Phi) is 3.40. The first-order chi connectivity index (χ1) is 5.88. The van der Waals surface area contributed by atoms with Gasteiger partial charge in [0, 0.05) is 10.7 Å². The smallest absolute Gasteiger partial charge is 0.238 e. The summed E-state index contributed by atoms with van der Waals surface area (Å²) in [5.74, 6) is -0.423. The van der Waals surface area contributed by atoms with Crippen LogP contribution >= 0.6 is 33.9 Å². The molecule has 0 saturated heterocycles. The Labute approximate surface area is 90.1 Å². The lowest BCUT2D eigenvalue weighted by Gasteiger charge is -2.00. The van der Waals surface area contributed by atoms with Crippen molar-refractivity contribution < 1.29 is 8.42 Å². The van der Waals surface area contributed by atoms with Crippen LogP contribution in [0.25, 0.3) is 0 Å². The molecular weight excluding hydrogens is 256 g/mol. The number of hydrogen-bond acceptors (Lipinski definition) is 3. The minimum absolute atomic E-state index is 0.157. The first-order valence-electron chi connectivity index (χ1n) is 3.12. The first-order valence-corrected chi connectivity index (χ1v) is 6.35. The van der Waals surface area contributed by atoms with Gasteiger partial charge in [-0.15, -0.1) is 0 Å². The Balaban J connectivity index is 3.08. The zero-order chi connectivity index (χ0) is 10.1. The van der Waals surface area contributed by atoms with Gasteiger partial charge in [-0.3, -0.25) is 0 Å². The maximum absolute atomic E-state index is 10.7. The summed E-state index contributed by atoms with van der Waals surface area (Å²) < 4.78 is 21.4. The van der Waals surface area contributed by atoms with Crippen LogP contribution in [0.4, 0.5) is 0 Å². The van der Waals surface area contributed by atoms with Crippen LogP contribution in [0.3, 0.4) is 0 Å². The van der Waals surface area contributed by atoms with Crippen molar-refractivity contribution in [3.05, 3.63) is 28.0 Å². The van der Waals surface area contributed by atoms with E-state index in [-0.39, 0.29) is 15.9 Å². The van der Waals surface area contributed by atoms with E-state index in [4.69, 9.17) is 33.9 Å². The van der Waals surface area contributed by atoms with Crippen molar-refractivity contribution in [2.75, 3.05) is 0 Å². The van der Waals surface area contributed by atoms with Crippen LogP contribution in [-0.2, 0) is 14.8 Å². The fourth-order valence-corrected chi connectivity index (χ4v) is 2.00. The zero-order valence-electron chi connectivity index (χ0n) is 6.17. The Bertz CT molecular complexity index is 418. The molecule has 0 unspecified atom stereocenters. The molecule has 0 N–H and O–H groups in total. The van der Waals surface area contributed by atoms with Gasteiger partial charge in [-0.05, 0) is 12.1 Å². The standard InChI is InChI=1S/C6H4Cl3NO2S/c7-4-1-2-6(8)10-5(4)3-13(9,11)12/h1-2H,3H2. The molecule has 0 spiro atoms. The van der Waals surface area contributed by atoms with E-state index in [1.807, 2.05) is 0 Å². The van der Waals surface area contributed by atoms with Crippen molar-refractivity contribution >= 4 is 42.9 Å². The van der Waals surface area contributed by atoms with Gasteiger partial charge in [-0.25, -0.2) is 13.4 Å². The lowest BCUT2D eigenvalue weighted by molar-refractivity contribution is 0.608. The number of hydrogen-bond donors (Lipinski definition) is 0. The summed E-state index contributed by atoms with van der Waals surface area (Å²) >= 11 is 11.2. The van der Waals surface area contributed by atoms with E-state index in [0.29, 0.717) is 0 Å². The molecule has 0 radical (unpaired) electrons. The summed E-state index contributed by atoms with van der Waals surface area (Å²) in [4.78, 5) is 3.73. The maximum Gasteiger partial charge on any atom is 0.238 e. The van der Waals surface area contributed by atoms with Crippen LogP contribution in [-0.4, -0.2) is 13.4 Å². The van der Waals surface area contributed by atoms with Crippen molar-refractivity contribution in [1.29, 1.82) is 0 Å². The second-order valence-electron chi connectivity index (χ2n) is 2.25. The molecule has 0 aliphatic rings. The molecule has 0 aliphatic carbocycles. The summed E-state index contributed by atoms with van der Waals surface area (Å²) in [5.41, 5.74) is 0.157. The normalized spacial score (nSPS) is 11.6. The topological polar surface area (TPSA) is 47.0 Å². The first kappa shape index (κ1) is 11.0. The van der Waals surface area contributed by atoms with Gasteiger partial charge in [0.25, 0.3) is 0 Å². The molecular formula is C6H4Cl3NO2S. The van der Waals surface area contributed by atoms with Gasteiger partial charge in [0.15, 0.2) is 0 Å². The van der Waals surface area contributed by atoms with Crippen LogP contribution in [0.1, 0.15) is 5.69 Å². The average Bonchev–Trinajstić information content (AvgIpc) is 1.94. The minimum Gasteiger partial charge on any atom is -0.238 e. The second kappa shape index (κ2) is 4.00. The Morgan fingerprint density at radius 3 is 2.46 bits per heavy atom. The van der Waals surface area contributed by atoms with Gasteiger partial charge in [0.2, 0.25) is 9.05 Å². The quantitative estimate of drug-likeness (QED) is 0.606. The summed E-state index contributed by atoms with van der Waals surface area (Å²) in [6.45, 7) is 0. The van der Waals surface area contributed by atoms with E-state index in [0.717, 1.165) is 0 Å². The minimum atomic E-state index is -3.65. The van der Waals surface area contributed by atoms with E-state index in [1.165, 1.54) is 12.1 Å². The molecule has 0 amide bonds. The third-order valence-corrected chi connectivity index (χ3v) is 2.69. The molecule has 13 heavy (non-hydrogen) atoms. The van der Waals surface area contributed by atoms with E-state index in [1.54, 1.807) is 0 Å². The number of rotatable bonds is 2. The number of nitrogens with zero attached hydrogens (tertiary/aromatic N) is 1. The lowest BCUT2D eigenvalue weighted by atomic mass is 10.4. The lowest BCUT2D eigenvalue weighted by Crippen LogP contribution is -1.98. The predicted octanol–water partition coefficient (Wildman–Crippen LogP) is 2.46. The Morgan fingerprint density at radius 2 is 1.92 bits per heavy atom. The van der Waals surface area contributed by atoms with E-state index in [2.05, 4.69) is 4.98 Å². The highest BCUT2D eigenvalue weighted by molar-refractivity contribution is 8.13. The van der Waals surface area contributed by atoms with Gasteiger partial charge in [0.05, 0.1) is 10.7 Å². The molecule has 0 fully saturated rings. The average molecular weight is 261 g/mol. The Hall–Kier alpha value is -0.0300. The molecule has 7 heteroatoms. The van der Waals surface area contributed by atoms with Gasteiger partial charge < -0.3 is 0 Å². The van der Waals surface area contributed by atoms with Gasteiger partial charge in [-0.1, -0.05) is 23.2 Å². The zero-order valence-corrected chi connectivity index (χ0v) is 9.25.